The number of rotatable bonds is 4. The Morgan fingerprint density at radius 3 is 2.54 bits per heavy atom. The molecular formula is C19H15ClN2O3S. The molecule has 26 heavy (non-hydrogen) atoms. The molecule has 0 aliphatic rings. The van der Waals surface area contributed by atoms with Gasteiger partial charge in [-0.15, -0.1) is 11.3 Å². The Kier molecular flexibility index (Phi) is 5.35. The van der Waals surface area contributed by atoms with Crippen molar-refractivity contribution in [1.29, 1.82) is 0 Å². The van der Waals surface area contributed by atoms with Crippen LogP contribution >= 0.6 is 22.9 Å². The van der Waals surface area contributed by atoms with E-state index < -0.39 is 5.97 Å². The number of aryl methyl sites for hydroxylation is 1. The second-order valence-electron chi connectivity index (χ2n) is 5.54. The molecule has 0 unspecified atom stereocenters. The van der Waals surface area contributed by atoms with E-state index in [9.17, 15) is 9.59 Å². The summed E-state index contributed by atoms with van der Waals surface area (Å²) in [5.41, 5.74) is 2.09. The Labute approximate surface area is 159 Å². The number of esters is 1. The quantitative estimate of drug-likeness (QED) is 0.508. The SMILES string of the molecule is CC(=O)Nc1ccc(OC(=O)c2sc(-c3cccc(Cl)c3)nc2C)cc1. The summed E-state index contributed by atoms with van der Waals surface area (Å²) in [6, 6.07) is 13.9. The summed E-state index contributed by atoms with van der Waals surface area (Å²) >= 11 is 7.27. The van der Waals surface area contributed by atoms with Gasteiger partial charge in [0.2, 0.25) is 5.91 Å². The minimum absolute atomic E-state index is 0.163. The van der Waals surface area contributed by atoms with Crippen molar-refractivity contribution >= 4 is 40.5 Å². The minimum Gasteiger partial charge on any atom is -0.422 e. The lowest BCUT2D eigenvalue weighted by atomic mass is 10.2. The maximum atomic E-state index is 12.5. The molecule has 1 N–H and O–H groups in total. The second-order valence-corrected chi connectivity index (χ2v) is 6.97. The average molecular weight is 387 g/mol. The first-order valence-electron chi connectivity index (χ1n) is 7.75. The molecule has 132 valence electrons. The molecule has 0 bridgehead atoms. The van der Waals surface area contributed by atoms with Crippen molar-refractivity contribution in [3.05, 3.63) is 64.1 Å². The third-order valence-electron chi connectivity index (χ3n) is 3.44. The van der Waals surface area contributed by atoms with Crippen molar-refractivity contribution in [2.75, 3.05) is 5.32 Å². The van der Waals surface area contributed by atoms with Crippen molar-refractivity contribution in [3.63, 3.8) is 0 Å². The summed E-state index contributed by atoms with van der Waals surface area (Å²) in [4.78, 5) is 28.4. The number of hydrogen-bond acceptors (Lipinski definition) is 5. The number of thiazole rings is 1. The van der Waals surface area contributed by atoms with Gasteiger partial charge in [0.15, 0.2) is 0 Å². The number of anilines is 1. The Morgan fingerprint density at radius 2 is 1.88 bits per heavy atom. The summed E-state index contributed by atoms with van der Waals surface area (Å²) in [7, 11) is 0. The molecule has 0 atom stereocenters. The highest BCUT2D eigenvalue weighted by Crippen LogP contribution is 2.30. The number of nitrogens with one attached hydrogen (secondary N) is 1. The fraction of sp³-hybridized carbons (Fsp3) is 0.105. The number of carbonyl (C=O) groups excluding carboxylic acids is 2. The van der Waals surface area contributed by atoms with Gasteiger partial charge in [-0.05, 0) is 43.3 Å². The summed E-state index contributed by atoms with van der Waals surface area (Å²) in [6.07, 6.45) is 0. The molecule has 7 heteroatoms. The number of benzene rings is 2. The monoisotopic (exact) mass is 386 g/mol. The maximum Gasteiger partial charge on any atom is 0.355 e. The van der Waals surface area contributed by atoms with Crippen molar-refractivity contribution in [3.8, 4) is 16.3 Å². The van der Waals surface area contributed by atoms with Gasteiger partial charge in [-0.1, -0.05) is 23.7 Å². The maximum absolute atomic E-state index is 12.5. The molecule has 1 heterocycles. The van der Waals surface area contributed by atoms with Gasteiger partial charge < -0.3 is 10.1 Å². The number of ether oxygens (including phenoxy) is 1. The molecule has 0 saturated carbocycles. The topological polar surface area (TPSA) is 68.3 Å². The molecule has 0 aliphatic heterocycles. The highest BCUT2D eigenvalue weighted by molar-refractivity contribution is 7.17. The van der Waals surface area contributed by atoms with Gasteiger partial charge in [0, 0.05) is 23.2 Å². The van der Waals surface area contributed by atoms with Crippen LogP contribution in [0.15, 0.2) is 48.5 Å². The van der Waals surface area contributed by atoms with Gasteiger partial charge in [-0.3, -0.25) is 4.79 Å². The van der Waals surface area contributed by atoms with Gasteiger partial charge in [0.25, 0.3) is 0 Å². The number of carbonyl (C=O) groups is 2. The van der Waals surface area contributed by atoms with Crippen LogP contribution in [0.4, 0.5) is 5.69 Å². The predicted octanol–water partition coefficient (Wildman–Crippen LogP) is 4.95. The van der Waals surface area contributed by atoms with Crippen molar-refractivity contribution in [1.82, 2.24) is 4.98 Å². The van der Waals surface area contributed by atoms with E-state index in [0.29, 0.717) is 32.0 Å². The lowest BCUT2D eigenvalue weighted by Gasteiger charge is -2.05. The Morgan fingerprint density at radius 1 is 1.15 bits per heavy atom. The van der Waals surface area contributed by atoms with Crippen LogP contribution in [0.3, 0.4) is 0 Å². The molecule has 2 aromatic carbocycles. The van der Waals surface area contributed by atoms with E-state index in [2.05, 4.69) is 10.3 Å². The highest BCUT2D eigenvalue weighted by atomic mass is 35.5. The molecule has 5 nitrogen and oxygen atoms in total. The zero-order valence-electron chi connectivity index (χ0n) is 14.1. The number of nitrogens with zero attached hydrogens (tertiary/aromatic N) is 1. The van der Waals surface area contributed by atoms with Crippen LogP contribution in [-0.4, -0.2) is 16.9 Å². The number of aromatic nitrogens is 1. The molecule has 3 aromatic rings. The van der Waals surface area contributed by atoms with Gasteiger partial charge in [0.1, 0.15) is 15.6 Å². The largest absolute Gasteiger partial charge is 0.422 e. The number of hydrogen-bond donors (Lipinski definition) is 1. The molecule has 0 saturated heterocycles. The van der Waals surface area contributed by atoms with E-state index in [1.807, 2.05) is 12.1 Å². The van der Waals surface area contributed by atoms with Crippen LogP contribution in [-0.2, 0) is 4.79 Å². The Hall–Kier alpha value is -2.70. The van der Waals surface area contributed by atoms with Crippen LogP contribution in [0.25, 0.3) is 10.6 Å². The first-order chi connectivity index (χ1) is 12.4. The van der Waals surface area contributed by atoms with Crippen LogP contribution < -0.4 is 10.1 Å². The van der Waals surface area contributed by atoms with Crippen LogP contribution in [0.5, 0.6) is 5.75 Å². The number of amides is 1. The lowest BCUT2D eigenvalue weighted by molar-refractivity contribution is -0.114. The summed E-state index contributed by atoms with van der Waals surface area (Å²) < 4.78 is 5.41. The Bertz CT molecular complexity index is 967. The van der Waals surface area contributed by atoms with Gasteiger partial charge in [-0.2, -0.15) is 0 Å². The second kappa shape index (κ2) is 7.68. The average Bonchev–Trinajstić information content (AvgIpc) is 2.98. The molecule has 1 aromatic heterocycles. The van der Waals surface area contributed by atoms with E-state index in [0.717, 1.165) is 5.56 Å². The molecule has 1 amide bonds. The van der Waals surface area contributed by atoms with Crippen LogP contribution in [0.2, 0.25) is 5.02 Å². The third-order valence-corrected chi connectivity index (χ3v) is 4.86. The van der Waals surface area contributed by atoms with E-state index >= 15 is 0 Å². The standard InChI is InChI=1S/C19H15ClN2O3S/c1-11-17(26-18(21-11)13-4-3-5-14(20)10-13)19(24)25-16-8-6-15(7-9-16)22-12(2)23/h3-10H,1-2H3,(H,22,23). The van der Waals surface area contributed by atoms with E-state index in [1.54, 1.807) is 43.3 Å². The first kappa shape index (κ1) is 18.1. The highest BCUT2D eigenvalue weighted by Gasteiger charge is 2.18. The minimum atomic E-state index is -0.472. The smallest absolute Gasteiger partial charge is 0.355 e. The fourth-order valence-electron chi connectivity index (χ4n) is 2.29. The van der Waals surface area contributed by atoms with Gasteiger partial charge in [-0.25, -0.2) is 9.78 Å². The summed E-state index contributed by atoms with van der Waals surface area (Å²) in [5.74, 6) is -0.245. The molecule has 0 aliphatic carbocycles. The van der Waals surface area contributed by atoms with Gasteiger partial charge >= 0.3 is 5.97 Å². The van der Waals surface area contributed by atoms with Gasteiger partial charge in [0.05, 0.1) is 5.69 Å². The van der Waals surface area contributed by atoms with E-state index in [-0.39, 0.29) is 5.91 Å². The Balaban J connectivity index is 1.77. The van der Waals surface area contributed by atoms with Crippen LogP contribution in [0.1, 0.15) is 22.3 Å². The van der Waals surface area contributed by atoms with E-state index in [4.69, 9.17) is 16.3 Å². The van der Waals surface area contributed by atoms with Crippen molar-refractivity contribution in [2.45, 2.75) is 13.8 Å². The first-order valence-corrected chi connectivity index (χ1v) is 8.95. The normalized spacial score (nSPS) is 10.4. The van der Waals surface area contributed by atoms with E-state index in [1.165, 1.54) is 18.3 Å². The van der Waals surface area contributed by atoms with Crippen molar-refractivity contribution in [2.24, 2.45) is 0 Å². The number of halogens is 1. The lowest BCUT2D eigenvalue weighted by Crippen LogP contribution is -2.08. The zero-order chi connectivity index (χ0) is 18.7. The fourth-order valence-corrected chi connectivity index (χ4v) is 3.42. The molecule has 3 rings (SSSR count). The van der Waals surface area contributed by atoms with Crippen molar-refractivity contribution < 1.29 is 14.3 Å². The molecule has 0 radical (unpaired) electrons. The molecular weight excluding hydrogens is 372 g/mol. The summed E-state index contributed by atoms with van der Waals surface area (Å²) in [5, 5.41) is 3.97. The summed E-state index contributed by atoms with van der Waals surface area (Å²) in [6.45, 7) is 3.19. The zero-order valence-corrected chi connectivity index (χ0v) is 15.6. The third kappa shape index (κ3) is 4.28. The molecule has 0 spiro atoms. The predicted molar refractivity (Wildman–Crippen MR) is 103 cm³/mol. The van der Waals surface area contributed by atoms with Crippen LogP contribution in [0, 0.1) is 6.92 Å². The molecule has 0 fully saturated rings.